The largest absolute Gasteiger partial charge is 0.354 e. The summed E-state index contributed by atoms with van der Waals surface area (Å²) in [4.78, 5) is 32.6. The Kier molecular flexibility index (Phi) is 6.75. The second-order valence-corrected chi connectivity index (χ2v) is 8.72. The van der Waals surface area contributed by atoms with Crippen LogP contribution in [0.5, 0.6) is 0 Å². The molecule has 29 heavy (non-hydrogen) atoms. The molecule has 1 aliphatic rings. The highest BCUT2D eigenvalue weighted by Crippen LogP contribution is 2.17. The van der Waals surface area contributed by atoms with Crippen molar-refractivity contribution < 1.29 is 4.79 Å². The van der Waals surface area contributed by atoms with Crippen molar-refractivity contribution in [2.24, 2.45) is 0 Å². The lowest BCUT2D eigenvalue weighted by molar-refractivity contribution is -0.121. The number of hydrogen-bond donors (Lipinski definition) is 2. The molecule has 1 aliphatic heterocycles. The van der Waals surface area contributed by atoms with Gasteiger partial charge in [-0.2, -0.15) is 0 Å². The number of pyridine rings is 1. The first-order valence-electron chi connectivity index (χ1n) is 10.6. The third kappa shape index (κ3) is 5.46. The molecule has 0 unspecified atom stereocenters. The number of amides is 1. The van der Waals surface area contributed by atoms with Gasteiger partial charge in [0.25, 0.3) is 5.56 Å². The van der Waals surface area contributed by atoms with Gasteiger partial charge in [-0.15, -0.1) is 0 Å². The predicted octanol–water partition coefficient (Wildman–Crippen LogP) is 2.30. The van der Waals surface area contributed by atoms with Gasteiger partial charge in [0.2, 0.25) is 5.91 Å². The number of piperazine rings is 1. The number of fused-ring (bicyclic) bond motifs is 1. The standard InChI is InChI=1S/C23H34N4O2/c1-5-26-10-12-27(13-11-26)23(3,4)16-24-21(28)9-8-19-15-18-7-6-17(2)14-20(18)25-22(19)29/h6-7,14-15H,5,8-13,16H2,1-4H3,(H,24,28)(H,25,29). The number of H-pyrrole nitrogens is 1. The molecule has 6 nitrogen and oxygen atoms in total. The van der Waals surface area contributed by atoms with E-state index in [1.807, 2.05) is 31.2 Å². The number of aromatic nitrogens is 1. The van der Waals surface area contributed by atoms with Gasteiger partial charge in [0, 0.05) is 55.8 Å². The molecule has 2 aromatic rings. The summed E-state index contributed by atoms with van der Waals surface area (Å²) in [6.45, 7) is 14.5. The lowest BCUT2D eigenvalue weighted by Gasteiger charge is -2.44. The second kappa shape index (κ2) is 9.09. The molecular weight excluding hydrogens is 364 g/mol. The van der Waals surface area contributed by atoms with Crippen molar-refractivity contribution in [1.29, 1.82) is 0 Å². The maximum atomic E-state index is 12.4. The van der Waals surface area contributed by atoms with Crippen molar-refractivity contribution >= 4 is 16.8 Å². The second-order valence-electron chi connectivity index (χ2n) is 8.72. The van der Waals surface area contributed by atoms with E-state index in [4.69, 9.17) is 0 Å². The highest BCUT2D eigenvalue weighted by atomic mass is 16.1. The first-order valence-corrected chi connectivity index (χ1v) is 10.6. The average molecular weight is 399 g/mol. The van der Waals surface area contributed by atoms with Crippen LogP contribution in [0, 0.1) is 6.92 Å². The quantitative estimate of drug-likeness (QED) is 0.751. The minimum Gasteiger partial charge on any atom is -0.354 e. The van der Waals surface area contributed by atoms with Gasteiger partial charge < -0.3 is 15.2 Å². The maximum absolute atomic E-state index is 12.4. The van der Waals surface area contributed by atoms with Crippen molar-refractivity contribution in [1.82, 2.24) is 20.1 Å². The summed E-state index contributed by atoms with van der Waals surface area (Å²) in [5.74, 6) is -0.00586. The Morgan fingerprint density at radius 2 is 1.90 bits per heavy atom. The van der Waals surface area contributed by atoms with Crippen LogP contribution in [0.4, 0.5) is 0 Å². The molecule has 1 aromatic heterocycles. The molecule has 6 heteroatoms. The minimum atomic E-state index is -0.106. The monoisotopic (exact) mass is 398 g/mol. The molecule has 0 bridgehead atoms. The summed E-state index contributed by atoms with van der Waals surface area (Å²) < 4.78 is 0. The van der Waals surface area contributed by atoms with Crippen molar-refractivity contribution in [2.75, 3.05) is 39.3 Å². The number of rotatable bonds is 7. The van der Waals surface area contributed by atoms with E-state index in [0.29, 0.717) is 24.9 Å². The average Bonchev–Trinajstić information content (AvgIpc) is 2.71. The number of aryl methyl sites for hydroxylation is 2. The van der Waals surface area contributed by atoms with Crippen molar-refractivity contribution in [3.63, 3.8) is 0 Å². The third-order valence-corrected chi connectivity index (χ3v) is 6.09. The molecule has 0 aliphatic carbocycles. The molecule has 2 heterocycles. The molecule has 2 N–H and O–H groups in total. The first kappa shape index (κ1) is 21.5. The topological polar surface area (TPSA) is 68.4 Å². The van der Waals surface area contributed by atoms with Crippen molar-refractivity contribution in [3.8, 4) is 0 Å². The van der Waals surface area contributed by atoms with Gasteiger partial charge in [-0.25, -0.2) is 0 Å². The molecule has 1 aromatic carbocycles. The molecule has 0 saturated carbocycles. The summed E-state index contributed by atoms with van der Waals surface area (Å²) in [6.07, 6.45) is 0.765. The Morgan fingerprint density at radius 3 is 2.59 bits per heavy atom. The molecule has 0 spiro atoms. The van der Waals surface area contributed by atoms with Crippen LogP contribution >= 0.6 is 0 Å². The Balaban J connectivity index is 1.52. The zero-order valence-corrected chi connectivity index (χ0v) is 18.2. The normalized spacial score (nSPS) is 16.3. The van der Waals surface area contributed by atoms with Crippen LogP contribution in [0.2, 0.25) is 0 Å². The number of likely N-dealkylation sites (N-methyl/N-ethyl adjacent to an activating group) is 1. The summed E-state index contributed by atoms with van der Waals surface area (Å²) in [7, 11) is 0. The number of hydrogen-bond acceptors (Lipinski definition) is 4. The third-order valence-electron chi connectivity index (χ3n) is 6.09. The fraction of sp³-hybridized carbons (Fsp3) is 0.565. The van der Waals surface area contributed by atoms with Crippen LogP contribution in [0.1, 0.15) is 38.3 Å². The molecule has 0 radical (unpaired) electrons. The molecular formula is C23H34N4O2. The Bertz CT molecular complexity index is 911. The Hall–Kier alpha value is -2.18. The van der Waals surface area contributed by atoms with Gasteiger partial charge in [0.1, 0.15) is 0 Å². The van der Waals surface area contributed by atoms with Crippen LogP contribution < -0.4 is 10.9 Å². The summed E-state index contributed by atoms with van der Waals surface area (Å²) in [6, 6.07) is 7.90. The van der Waals surface area contributed by atoms with Crippen molar-refractivity contribution in [3.05, 3.63) is 45.7 Å². The number of benzene rings is 1. The molecule has 1 fully saturated rings. The van der Waals surface area contributed by atoms with Crippen LogP contribution in [0.25, 0.3) is 10.9 Å². The zero-order valence-electron chi connectivity index (χ0n) is 18.2. The van der Waals surface area contributed by atoms with E-state index >= 15 is 0 Å². The Labute approximate surface area is 173 Å². The number of carbonyl (C=O) groups is 1. The van der Waals surface area contributed by atoms with E-state index in [2.05, 4.69) is 40.9 Å². The summed E-state index contributed by atoms with van der Waals surface area (Å²) in [5.41, 5.74) is 2.43. The van der Waals surface area contributed by atoms with E-state index in [0.717, 1.165) is 49.2 Å². The number of nitrogens with zero attached hydrogens (tertiary/aromatic N) is 2. The first-order chi connectivity index (χ1) is 13.8. The fourth-order valence-electron chi connectivity index (χ4n) is 3.98. The van der Waals surface area contributed by atoms with Gasteiger partial charge in [-0.05, 0) is 56.8 Å². The predicted molar refractivity (Wildman–Crippen MR) is 118 cm³/mol. The van der Waals surface area contributed by atoms with E-state index in [9.17, 15) is 9.59 Å². The summed E-state index contributed by atoms with van der Waals surface area (Å²) in [5, 5.41) is 4.07. The minimum absolute atomic E-state index is 0.00586. The molecule has 0 atom stereocenters. The highest BCUT2D eigenvalue weighted by Gasteiger charge is 2.29. The maximum Gasteiger partial charge on any atom is 0.251 e. The van der Waals surface area contributed by atoms with Crippen LogP contribution in [0.15, 0.2) is 29.1 Å². The van der Waals surface area contributed by atoms with E-state index in [1.54, 1.807) is 0 Å². The fourth-order valence-corrected chi connectivity index (χ4v) is 3.98. The van der Waals surface area contributed by atoms with Crippen LogP contribution in [-0.4, -0.2) is 65.5 Å². The van der Waals surface area contributed by atoms with Gasteiger partial charge >= 0.3 is 0 Å². The lowest BCUT2D eigenvalue weighted by Crippen LogP contribution is -2.58. The van der Waals surface area contributed by atoms with Crippen LogP contribution in [-0.2, 0) is 11.2 Å². The number of nitrogens with one attached hydrogen (secondary N) is 2. The van der Waals surface area contributed by atoms with E-state index in [1.165, 1.54) is 0 Å². The van der Waals surface area contributed by atoms with Gasteiger partial charge in [0.05, 0.1) is 0 Å². The summed E-state index contributed by atoms with van der Waals surface area (Å²) >= 11 is 0. The molecule has 1 amide bonds. The number of carbonyl (C=O) groups excluding carboxylic acids is 1. The lowest BCUT2D eigenvalue weighted by atomic mass is 10.0. The van der Waals surface area contributed by atoms with Gasteiger partial charge in [0.15, 0.2) is 0 Å². The highest BCUT2D eigenvalue weighted by molar-refractivity contribution is 5.80. The van der Waals surface area contributed by atoms with E-state index in [-0.39, 0.29) is 17.0 Å². The molecule has 158 valence electrons. The smallest absolute Gasteiger partial charge is 0.251 e. The van der Waals surface area contributed by atoms with Gasteiger partial charge in [-0.1, -0.05) is 19.1 Å². The molecule has 1 saturated heterocycles. The van der Waals surface area contributed by atoms with Gasteiger partial charge in [-0.3, -0.25) is 14.5 Å². The molecule has 3 rings (SSSR count). The zero-order chi connectivity index (χ0) is 21.0. The van der Waals surface area contributed by atoms with Crippen LogP contribution in [0.3, 0.4) is 0 Å². The van der Waals surface area contributed by atoms with E-state index < -0.39 is 0 Å². The number of aromatic amines is 1. The van der Waals surface area contributed by atoms with Crippen molar-refractivity contribution in [2.45, 2.75) is 46.1 Å². The Morgan fingerprint density at radius 1 is 1.17 bits per heavy atom. The SMILES string of the molecule is CCN1CCN(C(C)(C)CNC(=O)CCc2cc3ccc(C)cc3[nH]c2=O)CC1.